The maximum Gasteiger partial charge on any atom is 0.413 e. The number of hydrogen-bond acceptors (Lipinski definition) is 7. The van der Waals surface area contributed by atoms with E-state index >= 15 is 0 Å². The zero-order chi connectivity index (χ0) is 21.3. The van der Waals surface area contributed by atoms with Crippen LogP contribution in [0.15, 0.2) is 41.3 Å². The molecule has 152 valence electrons. The minimum absolute atomic E-state index is 0.0527. The zero-order valence-corrected chi connectivity index (χ0v) is 16.2. The van der Waals surface area contributed by atoms with E-state index in [9.17, 15) is 36.3 Å². The van der Waals surface area contributed by atoms with Gasteiger partial charge in [0.15, 0.2) is 13.7 Å². The van der Waals surface area contributed by atoms with Crippen LogP contribution in [-0.2, 0) is 18.9 Å². The van der Waals surface area contributed by atoms with Crippen LogP contribution in [0.4, 0.5) is 18.9 Å². The van der Waals surface area contributed by atoms with Crippen LogP contribution >= 0.6 is 7.14 Å². The number of aromatic nitrogens is 1. The number of hydrogen-bond donors (Lipinski definition) is 0. The molecule has 0 radical (unpaired) electrons. The number of alkyl halides is 3. The molecule has 1 unspecified atom stereocenters. The normalized spacial score (nSPS) is 14.5. The van der Waals surface area contributed by atoms with Gasteiger partial charge >= 0.3 is 6.18 Å². The van der Waals surface area contributed by atoms with Gasteiger partial charge in [-0.25, -0.2) is 4.98 Å². The van der Waals surface area contributed by atoms with Crippen LogP contribution in [0.3, 0.4) is 0 Å². The van der Waals surface area contributed by atoms with Gasteiger partial charge in [0.05, 0.1) is 9.82 Å². The van der Waals surface area contributed by atoms with Crippen LogP contribution in [0.1, 0.15) is 5.69 Å². The monoisotopic (exact) mass is 438 g/mol. The van der Waals surface area contributed by atoms with E-state index in [1.165, 1.54) is 19.7 Å². The minimum Gasteiger partial charge on any atom is -0.312 e. The summed E-state index contributed by atoms with van der Waals surface area (Å²) in [6, 6.07) is 6.44. The molecule has 0 N–H and O–H groups in total. The van der Waals surface area contributed by atoms with E-state index in [0.29, 0.717) is 0 Å². The summed E-state index contributed by atoms with van der Waals surface area (Å²) < 4.78 is 77.1. The molecule has 13 heteroatoms. The Balaban J connectivity index is 2.37. The molecule has 0 fully saturated rings. The van der Waals surface area contributed by atoms with Crippen molar-refractivity contribution >= 4 is 33.7 Å². The zero-order valence-electron chi connectivity index (χ0n) is 14.5. The average molecular weight is 438 g/mol. The first-order valence-corrected chi connectivity index (χ1v) is 11.1. The molecule has 0 spiro atoms. The molecule has 2 aromatic rings. The molecule has 1 heterocycles. The van der Waals surface area contributed by atoms with Gasteiger partial charge in [-0.15, -0.1) is 0 Å². The van der Waals surface area contributed by atoms with Crippen molar-refractivity contribution in [3.8, 4) is 0 Å². The molecule has 0 aliphatic heterocycles. The maximum absolute atomic E-state index is 13.1. The average Bonchev–Trinajstić information content (AvgIpc) is 2.59. The van der Waals surface area contributed by atoms with Gasteiger partial charge in [0, 0.05) is 23.1 Å². The highest BCUT2D eigenvalue weighted by Crippen LogP contribution is 2.39. The minimum atomic E-state index is -4.82. The van der Waals surface area contributed by atoms with Gasteiger partial charge in [-0.1, -0.05) is 0 Å². The summed E-state index contributed by atoms with van der Waals surface area (Å²) in [5, 5.41) is 11.1. The Hall–Kier alpha value is -2.30. The third-order valence-electron chi connectivity index (χ3n) is 3.57. The number of rotatable bonds is 6. The molecule has 1 aromatic heterocycles. The van der Waals surface area contributed by atoms with E-state index in [-0.39, 0.29) is 22.1 Å². The van der Waals surface area contributed by atoms with E-state index in [1.807, 2.05) is 0 Å². The van der Waals surface area contributed by atoms with Crippen molar-refractivity contribution in [1.29, 1.82) is 0 Å². The fourth-order valence-electron chi connectivity index (χ4n) is 2.20. The predicted octanol–water partition coefficient (Wildman–Crippen LogP) is 2.51. The topological polar surface area (TPSA) is 116 Å². The molecule has 8 nitrogen and oxygen atoms in total. The van der Waals surface area contributed by atoms with Crippen molar-refractivity contribution in [2.24, 2.45) is 0 Å². The van der Waals surface area contributed by atoms with Crippen LogP contribution in [0.2, 0.25) is 0 Å². The second-order valence-corrected chi connectivity index (χ2v) is 10.3. The van der Waals surface area contributed by atoms with E-state index in [1.54, 1.807) is 0 Å². The van der Waals surface area contributed by atoms with E-state index in [0.717, 1.165) is 30.3 Å². The van der Waals surface area contributed by atoms with Gasteiger partial charge < -0.3 is 4.57 Å². The van der Waals surface area contributed by atoms with Gasteiger partial charge in [0.25, 0.3) is 15.8 Å². The Bertz CT molecular complexity index is 1050. The van der Waals surface area contributed by atoms with Crippen LogP contribution in [-0.4, -0.2) is 37.8 Å². The van der Waals surface area contributed by atoms with Crippen molar-refractivity contribution in [3.05, 3.63) is 52.2 Å². The summed E-state index contributed by atoms with van der Waals surface area (Å²) in [5.41, 5.74) is -0.0847. The van der Waals surface area contributed by atoms with E-state index < -0.39 is 39.9 Å². The Morgan fingerprint density at radius 1 is 1.21 bits per heavy atom. The maximum atomic E-state index is 13.1. The molecule has 0 saturated heterocycles. The standard InChI is InChI=1S/C15H14F3N2O6PS/c1-10-7-11(20(21)22)8-14(19-10)27(2,23)12-3-5-13(6-4-12)28(24,25)26-9-15(16,17)18/h3-8H,9H2,1-2H3. The molecule has 0 aliphatic rings. The molecule has 0 saturated carbocycles. The summed E-state index contributed by atoms with van der Waals surface area (Å²) in [6.07, 6.45) is -4.82. The highest BCUT2D eigenvalue weighted by molar-refractivity contribution is 7.86. The van der Waals surface area contributed by atoms with Crippen LogP contribution in [0.5, 0.6) is 0 Å². The second-order valence-electron chi connectivity index (χ2n) is 5.83. The SMILES string of the molecule is Cc1cc([N+](=O)[O-])cc(P(C)(=O)c2ccc(S(=O)(=O)OCC(F)(F)F)cc2)n1. The fourth-order valence-corrected chi connectivity index (χ4v) is 4.80. The summed E-state index contributed by atoms with van der Waals surface area (Å²) in [4.78, 5) is 13.8. The molecular weight excluding hydrogens is 424 g/mol. The number of benzene rings is 1. The molecule has 0 amide bonds. The number of nitro groups is 1. The van der Waals surface area contributed by atoms with Gasteiger partial charge in [-0.05, 0) is 37.9 Å². The number of aryl methyl sites for hydroxylation is 1. The Kier molecular flexibility index (Phi) is 5.98. The summed E-state index contributed by atoms with van der Waals surface area (Å²) in [5.74, 6) is 0. The second kappa shape index (κ2) is 7.61. The molecule has 1 aromatic carbocycles. The lowest BCUT2D eigenvalue weighted by atomic mass is 10.3. The van der Waals surface area contributed by atoms with Gasteiger partial charge in [0.1, 0.15) is 5.44 Å². The molecule has 28 heavy (non-hydrogen) atoms. The fraction of sp³-hybridized carbons (Fsp3) is 0.267. The molecule has 1 atom stereocenters. The first-order valence-electron chi connectivity index (χ1n) is 7.50. The summed E-state index contributed by atoms with van der Waals surface area (Å²) in [7, 11) is -8.10. The summed E-state index contributed by atoms with van der Waals surface area (Å²) >= 11 is 0. The van der Waals surface area contributed by atoms with Gasteiger partial charge in [-0.3, -0.25) is 14.3 Å². The first kappa shape index (κ1) is 22.0. The molecule has 0 bridgehead atoms. The summed E-state index contributed by atoms with van der Waals surface area (Å²) in [6.45, 7) is 0.812. The smallest absolute Gasteiger partial charge is 0.312 e. The van der Waals surface area contributed by atoms with Gasteiger partial charge in [0.2, 0.25) is 0 Å². The number of pyridine rings is 1. The quantitative estimate of drug-likeness (QED) is 0.294. The van der Waals surface area contributed by atoms with Crippen molar-refractivity contribution < 1.29 is 35.3 Å². The van der Waals surface area contributed by atoms with E-state index in [2.05, 4.69) is 9.17 Å². The lowest BCUT2D eigenvalue weighted by Crippen LogP contribution is -2.21. The Labute approximate surface area is 158 Å². The highest BCUT2D eigenvalue weighted by Gasteiger charge is 2.32. The molecule has 2 rings (SSSR count). The van der Waals surface area contributed by atoms with Crippen molar-refractivity contribution in [3.63, 3.8) is 0 Å². The molecular formula is C15H14F3N2O6PS. The number of nitrogens with zero attached hydrogens (tertiary/aromatic N) is 2. The largest absolute Gasteiger partial charge is 0.413 e. The lowest BCUT2D eigenvalue weighted by Gasteiger charge is -2.14. The van der Waals surface area contributed by atoms with Crippen molar-refractivity contribution in [2.75, 3.05) is 13.3 Å². The van der Waals surface area contributed by atoms with E-state index in [4.69, 9.17) is 0 Å². The van der Waals surface area contributed by atoms with Crippen molar-refractivity contribution in [2.45, 2.75) is 18.0 Å². The van der Waals surface area contributed by atoms with Crippen LogP contribution in [0.25, 0.3) is 0 Å². The third-order valence-corrected chi connectivity index (χ3v) is 7.23. The highest BCUT2D eigenvalue weighted by atomic mass is 32.2. The Morgan fingerprint density at radius 2 is 1.79 bits per heavy atom. The molecule has 0 aliphatic carbocycles. The van der Waals surface area contributed by atoms with Crippen LogP contribution in [0, 0.1) is 17.0 Å². The number of halogens is 3. The van der Waals surface area contributed by atoms with Crippen molar-refractivity contribution in [1.82, 2.24) is 4.98 Å². The lowest BCUT2D eigenvalue weighted by molar-refractivity contribution is -0.384. The first-order chi connectivity index (χ1) is 12.7. The van der Waals surface area contributed by atoms with Gasteiger partial charge in [-0.2, -0.15) is 21.6 Å². The Morgan fingerprint density at radius 3 is 2.29 bits per heavy atom. The van der Waals surface area contributed by atoms with Crippen LogP contribution < -0.4 is 10.7 Å². The predicted molar refractivity (Wildman–Crippen MR) is 94.1 cm³/mol. The third kappa shape index (κ3) is 5.15.